The Hall–Kier alpha value is -3.11. The molecule has 0 atom stereocenters. The molecular weight excluding hydrogens is 396 g/mol. The van der Waals surface area contributed by atoms with Gasteiger partial charge in [0.25, 0.3) is 0 Å². The Bertz CT molecular complexity index is 1180. The van der Waals surface area contributed by atoms with Gasteiger partial charge in [0.1, 0.15) is 0 Å². The van der Waals surface area contributed by atoms with E-state index in [0.717, 1.165) is 38.7 Å². The van der Waals surface area contributed by atoms with Gasteiger partial charge >= 0.3 is 5.97 Å². The van der Waals surface area contributed by atoms with E-state index in [9.17, 15) is 4.79 Å². The topological polar surface area (TPSA) is 104 Å². The first kappa shape index (κ1) is 17.0. The van der Waals surface area contributed by atoms with Crippen molar-refractivity contribution in [2.45, 2.75) is 13.3 Å². The van der Waals surface area contributed by atoms with Crippen molar-refractivity contribution in [2.75, 3.05) is 16.8 Å². The highest BCUT2D eigenvalue weighted by Gasteiger charge is 2.28. The minimum absolute atomic E-state index is 0.0484. The first-order valence-electron chi connectivity index (χ1n) is 8.55. The lowest BCUT2D eigenvalue weighted by Crippen LogP contribution is -2.15. The van der Waals surface area contributed by atoms with E-state index in [1.165, 1.54) is 11.3 Å². The fourth-order valence-corrected chi connectivity index (χ4v) is 4.90. The maximum atomic E-state index is 11.1. The van der Waals surface area contributed by atoms with Crippen molar-refractivity contribution in [1.82, 2.24) is 20.2 Å². The van der Waals surface area contributed by atoms with Crippen LogP contribution in [0.25, 0.3) is 10.2 Å². The van der Waals surface area contributed by atoms with Crippen LogP contribution in [0, 0.1) is 6.92 Å². The molecule has 140 valence electrons. The number of benzene rings is 1. The maximum absolute atomic E-state index is 11.1. The molecule has 4 heterocycles. The van der Waals surface area contributed by atoms with Crippen LogP contribution in [0.1, 0.15) is 21.6 Å². The van der Waals surface area contributed by atoms with Crippen LogP contribution < -0.4 is 10.2 Å². The van der Waals surface area contributed by atoms with Gasteiger partial charge in [-0.15, -0.1) is 21.5 Å². The standard InChI is InChI=1S/C18H14N6O2S2/c1-9-10-6-7-24(18-20-12(8-27-18)16(25)26)15(10)23-22-14(9)21-17-19-11-4-2-3-5-13(11)28-17/h2-5,8H,6-7H2,1H3,(H,25,26)(H,19,21,22). The van der Waals surface area contributed by atoms with E-state index >= 15 is 0 Å². The number of anilines is 4. The third-order valence-electron chi connectivity index (χ3n) is 4.62. The summed E-state index contributed by atoms with van der Waals surface area (Å²) in [4.78, 5) is 21.8. The lowest BCUT2D eigenvalue weighted by Gasteiger charge is -2.15. The van der Waals surface area contributed by atoms with Crippen molar-refractivity contribution < 1.29 is 9.90 Å². The summed E-state index contributed by atoms with van der Waals surface area (Å²) < 4.78 is 1.11. The Morgan fingerprint density at radius 3 is 2.89 bits per heavy atom. The lowest BCUT2D eigenvalue weighted by molar-refractivity contribution is 0.0691. The van der Waals surface area contributed by atoms with Crippen molar-refractivity contribution in [3.63, 3.8) is 0 Å². The van der Waals surface area contributed by atoms with Crippen molar-refractivity contribution in [3.05, 3.63) is 46.5 Å². The molecule has 0 unspecified atom stereocenters. The number of carbonyl (C=O) groups is 1. The summed E-state index contributed by atoms with van der Waals surface area (Å²) in [5, 5.41) is 24.1. The quantitative estimate of drug-likeness (QED) is 0.520. The van der Waals surface area contributed by atoms with Gasteiger partial charge in [0.2, 0.25) is 0 Å². The molecule has 2 N–H and O–H groups in total. The number of hydrogen-bond donors (Lipinski definition) is 2. The molecule has 0 amide bonds. The predicted octanol–water partition coefficient (Wildman–Crippen LogP) is 3.99. The molecule has 10 heteroatoms. The molecule has 28 heavy (non-hydrogen) atoms. The highest BCUT2D eigenvalue weighted by Crippen LogP contribution is 2.38. The number of aromatic carboxylic acids is 1. The van der Waals surface area contributed by atoms with E-state index in [-0.39, 0.29) is 5.69 Å². The normalized spacial score (nSPS) is 13.1. The molecule has 0 saturated carbocycles. The Morgan fingerprint density at radius 2 is 2.11 bits per heavy atom. The third kappa shape index (κ3) is 2.77. The summed E-state index contributed by atoms with van der Waals surface area (Å²) in [5.74, 6) is 0.392. The summed E-state index contributed by atoms with van der Waals surface area (Å²) in [6.07, 6.45) is 0.799. The molecule has 4 aromatic rings. The molecule has 0 aliphatic carbocycles. The fourth-order valence-electron chi connectivity index (χ4n) is 3.21. The second kappa shape index (κ2) is 6.50. The van der Waals surface area contributed by atoms with Crippen LogP contribution in [-0.4, -0.2) is 37.8 Å². The number of nitrogens with zero attached hydrogens (tertiary/aromatic N) is 5. The Balaban J connectivity index is 1.46. The first-order chi connectivity index (χ1) is 13.6. The molecule has 0 radical (unpaired) electrons. The molecule has 0 spiro atoms. The molecule has 0 saturated heterocycles. The van der Waals surface area contributed by atoms with E-state index in [1.807, 2.05) is 36.1 Å². The maximum Gasteiger partial charge on any atom is 0.355 e. The Kier molecular flexibility index (Phi) is 3.95. The highest BCUT2D eigenvalue weighted by atomic mass is 32.1. The molecule has 1 aliphatic rings. The minimum Gasteiger partial charge on any atom is -0.476 e. The van der Waals surface area contributed by atoms with E-state index in [2.05, 4.69) is 25.5 Å². The van der Waals surface area contributed by atoms with Crippen LogP contribution in [0.5, 0.6) is 0 Å². The monoisotopic (exact) mass is 410 g/mol. The fraction of sp³-hybridized carbons (Fsp3) is 0.167. The SMILES string of the molecule is Cc1c(Nc2nc3ccccc3s2)nnc2c1CCN2c1nc(C(=O)O)cs1. The van der Waals surface area contributed by atoms with Crippen LogP contribution in [0.2, 0.25) is 0 Å². The zero-order valence-corrected chi connectivity index (χ0v) is 16.3. The molecule has 8 nitrogen and oxygen atoms in total. The van der Waals surface area contributed by atoms with Crippen LogP contribution in [0.3, 0.4) is 0 Å². The first-order valence-corrected chi connectivity index (χ1v) is 10.2. The average Bonchev–Trinajstić information content (AvgIpc) is 3.40. The number of aromatic nitrogens is 4. The number of hydrogen-bond acceptors (Lipinski definition) is 9. The molecule has 0 bridgehead atoms. The van der Waals surface area contributed by atoms with E-state index in [0.29, 0.717) is 17.5 Å². The Morgan fingerprint density at radius 1 is 1.25 bits per heavy atom. The average molecular weight is 410 g/mol. The van der Waals surface area contributed by atoms with Crippen LogP contribution in [0.15, 0.2) is 29.6 Å². The number of para-hydroxylation sites is 1. The van der Waals surface area contributed by atoms with Gasteiger partial charge in [-0.25, -0.2) is 14.8 Å². The molecule has 5 rings (SSSR count). The van der Waals surface area contributed by atoms with Crippen molar-refractivity contribution >= 4 is 60.8 Å². The molecular formula is C18H14N6O2S2. The van der Waals surface area contributed by atoms with Gasteiger partial charge in [0.05, 0.1) is 10.2 Å². The van der Waals surface area contributed by atoms with Gasteiger partial charge in [0, 0.05) is 23.1 Å². The van der Waals surface area contributed by atoms with Gasteiger partial charge in [-0.05, 0) is 25.5 Å². The van der Waals surface area contributed by atoms with Crippen molar-refractivity contribution in [1.29, 1.82) is 0 Å². The summed E-state index contributed by atoms with van der Waals surface area (Å²) in [6.45, 7) is 2.71. The number of fused-ring (bicyclic) bond motifs is 2. The van der Waals surface area contributed by atoms with E-state index < -0.39 is 5.97 Å². The number of nitrogens with one attached hydrogen (secondary N) is 1. The number of thiazole rings is 2. The smallest absolute Gasteiger partial charge is 0.355 e. The lowest BCUT2D eigenvalue weighted by atomic mass is 10.1. The second-order valence-corrected chi connectivity index (χ2v) is 8.18. The highest BCUT2D eigenvalue weighted by molar-refractivity contribution is 7.22. The van der Waals surface area contributed by atoms with Gasteiger partial charge in [-0.1, -0.05) is 23.5 Å². The van der Waals surface area contributed by atoms with Crippen molar-refractivity contribution in [3.8, 4) is 0 Å². The molecule has 3 aromatic heterocycles. The largest absolute Gasteiger partial charge is 0.476 e. The van der Waals surface area contributed by atoms with Crippen molar-refractivity contribution in [2.24, 2.45) is 0 Å². The summed E-state index contributed by atoms with van der Waals surface area (Å²) in [5.41, 5.74) is 3.10. The van der Waals surface area contributed by atoms with E-state index in [1.54, 1.807) is 16.7 Å². The zero-order valence-electron chi connectivity index (χ0n) is 14.7. The summed E-state index contributed by atoms with van der Waals surface area (Å²) in [7, 11) is 0. The number of carboxylic acid groups (broad SMARTS) is 1. The van der Waals surface area contributed by atoms with Gasteiger partial charge in [0.15, 0.2) is 27.6 Å². The third-order valence-corrected chi connectivity index (χ3v) is 6.44. The van der Waals surface area contributed by atoms with Crippen LogP contribution in [0.4, 0.5) is 21.9 Å². The van der Waals surface area contributed by atoms with Gasteiger partial charge < -0.3 is 15.3 Å². The number of rotatable bonds is 4. The molecule has 0 fully saturated rings. The number of carboxylic acids is 1. The summed E-state index contributed by atoms with van der Waals surface area (Å²) >= 11 is 2.87. The van der Waals surface area contributed by atoms with Crippen LogP contribution >= 0.6 is 22.7 Å². The van der Waals surface area contributed by atoms with Gasteiger partial charge in [-0.2, -0.15) is 0 Å². The Labute approximate surface area is 167 Å². The zero-order chi connectivity index (χ0) is 19.3. The minimum atomic E-state index is -1.03. The van der Waals surface area contributed by atoms with E-state index in [4.69, 9.17) is 5.11 Å². The molecule has 1 aromatic carbocycles. The van der Waals surface area contributed by atoms with Crippen LogP contribution in [-0.2, 0) is 6.42 Å². The molecule has 1 aliphatic heterocycles. The summed E-state index contributed by atoms with van der Waals surface area (Å²) in [6, 6.07) is 7.98. The van der Waals surface area contributed by atoms with Gasteiger partial charge in [-0.3, -0.25) is 0 Å². The second-order valence-electron chi connectivity index (χ2n) is 6.31. The predicted molar refractivity (Wildman–Crippen MR) is 109 cm³/mol.